The summed E-state index contributed by atoms with van der Waals surface area (Å²) >= 11 is 3.47. The van der Waals surface area contributed by atoms with Gasteiger partial charge in [-0.3, -0.25) is 0 Å². The van der Waals surface area contributed by atoms with Crippen LogP contribution in [0, 0.1) is 0 Å². The minimum atomic E-state index is 0.127. The van der Waals surface area contributed by atoms with Crippen LogP contribution in [0.25, 0.3) is 0 Å². The van der Waals surface area contributed by atoms with Gasteiger partial charge in [0.05, 0.1) is 13.2 Å². The van der Waals surface area contributed by atoms with Gasteiger partial charge in [0.2, 0.25) is 0 Å². The molecule has 0 bridgehead atoms. The Labute approximate surface area is 116 Å². The molecule has 1 aromatic carbocycles. The number of ether oxygens (including phenoxy) is 2. The van der Waals surface area contributed by atoms with E-state index in [1.165, 1.54) is 0 Å². The summed E-state index contributed by atoms with van der Waals surface area (Å²) < 4.78 is 12.3. The number of halogens is 1. The van der Waals surface area contributed by atoms with Crippen LogP contribution < -0.4 is 9.47 Å². The van der Waals surface area contributed by atoms with Crippen molar-refractivity contribution < 1.29 is 14.3 Å². The number of carbonyl (C=O) groups excluding carboxylic acids is 1. The largest absolute Gasteiger partial charge is 0.493 e. The molecule has 3 nitrogen and oxygen atoms in total. The Balaban J connectivity index is 2.38. The van der Waals surface area contributed by atoms with Crippen molar-refractivity contribution in [2.24, 2.45) is 0 Å². The van der Waals surface area contributed by atoms with Gasteiger partial charge in [-0.15, -0.1) is 0 Å². The number of benzene rings is 1. The molecule has 1 unspecified atom stereocenters. The Morgan fingerprint density at radius 3 is 2.78 bits per heavy atom. The third-order valence-corrected chi connectivity index (χ3v) is 3.52. The number of aldehydes is 1. The molecule has 0 saturated heterocycles. The number of methoxy groups -OCH3 is 1. The minimum absolute atomic E-state index is 0.127. The quantitative estimate of drug-likeness (QED) is 0.751. The summed E-state index contributed by atoms with van der Waals surface area (Å²) in [6.45, 7) is 2.02. The van der Waals surface area contributed by atoms with Crippen molar-refractivity contribution in [3.8, 4) is 11.5 Å². The lowest BCUT2D eigenvalue weighted by atomic mass is 9.97. The van der Waals surface area contributed by atoms with Crippen molar-refractivity contribution in [2.45, 2.75) is 38.2 Å². The Morgan fingerprint density at radius 2 is 2.22 bits per heavy atom. The fraction of sp³-hybridized carbons (Fsp3) is 0.500. The minimum Gasteiger partial charge on any atom is -0.493 e. The van der Waals surface area contributed by atoms with Crippen molar-refractivity contribution in [1.29, 1.82) is 0 Å². The van der Waals surface area contributed by atoms with E-state index in [4.69, 9.17) is 9.47 Å². The van der Waals surface area contributed by atoms with Crippen molar-refractivity contribution in [3.63, 3.8) is 0 Å². The smallest absolute Gasteiger partial charge is 0.165 e. The van der Waals surface area contributed by atoms with E-state index in [0.717, 1.165) is 40.7 Å². The van der Waals surface area contributed by atoms with Crippen LogP contribution in [-0.4, -0.2) is 19.5 Å². The number of rotatable bonds is 6. The Hall–Kier alpha value is -1.03. The molecule has 0 aliphatic heterocycles. The van der Waals surface area contributed by atoms with Gasteiger partial charge < -0.3 is 14.3 Å². The molecule has 0 heterocycles. The number of hydrogen-bond donors (Lipinski definition) is 0. The molecule has 98 valence electrons. The van der Waals surface area contributed by atoms with Crippen LogP contribution in [0.3, 0.4) is 0 Å². The molecule has 0 radical (unpaired) electrons. The molecule has 1 aliphatic rings. The molecule has 18 heavy (non-hydrogen) atoms. The lowest BCUT2D eigenvalue weighted by molar-refractivity contribution is -0.108. The molecule has 0 aromatic heterocycles. The van der Waals surface area contributed by atoms with Gasteiger partial charge in [-0.1, -0.05) is 22.9 Å². The van der Waals surface area contributed by atoms with E-state index < -0.39 is 0 Å². The second kappa shape index (κ2) is 5.74. The van der Waals surface area contributed by atoms with Crippen molar-refractivity contribution in [1.82, 2.24) is 0 Å². The molecule has 0 N–H and O–H groups in total. The highest BCUT2D eigenvalue weighted by Crippen LogP contribution is 2.42. The first-order valence-electron chi connectivity index (χ1n) is 6.13. The maximum atomic E-state index is 10.7. The average Bonchev–Trinajstić information content (AvgIpc) is 3.15. The molecule has 2 rings (SSSR count). The summed E-state index contributed by atoms with van der Waals surface area (Å²) in [5, 5.41) is 0. The van der Waals surface area contributed by atoms with E-state index >= 15 is 0 Å². The predicted molar refractivity (Wildman–Crippen MR) is 73.4 cm³/mol. The van der Waals surface area contributed by atoms with Crippen molar-refractivity contribution in [2.75, 3.05) is 7.11 Å². The second-order valence-electron chi connectivity index (χ2n) is 4.65. The van der Waals surface area contributed by atoms with Crippen LogP contribution >= 0.6 is 15.9 Å². The highest BCUT2D eigenvalue weighted by Gasteiger charge is 2.27. The van der Waals surface area contributed by atoms with Gasteiger partial charge in [-0.25, -0.2) is 0 Å². The molecule has 1 fully saturated rings. The van der Waals surface area contributed by atoms with Gasteiger partial charge in [-0.2, -0.15) is 0 Å². The van der Waals surface area contributed by atoms with Gasteiger partial charge in [0.15, 0.2) is 11.5 Å². The highest BCUT2D eigenvalue weighted by atomic mass is 79.9. The molecular formula is C14H17BrO3. The van der Waals surface area contributed by atoms with E-state index in [1.54, 1.807) is 7.11 Å². The third-order valence-electron chi connectivity index (χ3n) is 3.06. The van der Waals surface area contributed by atoms with Crippen LogP contribution in [0.5, 0.6) is 11.5 Å². The summed E-state index contributed by atoms with van der Waals surface area (Å²) in [5.74, 6) is 1.64. The van der Waals surface area contributed by atoms with Gasteiger partial charge in [-0.05, 0) is 30.9 Å². The zero-order chi connectivity index (χ0) is 13.1. The second-order valence-corrected chi connectivity index (χ2v) is 5.56. The molecular weight excluding hydrogens is 296 g/mol. The Morgan fingerprint density at radius 1 is 1.50 bits per heavy atom. The number of hydrogen-bond acceptors (Lipinski definition) is 3. The summed E-state index contributed by atoms with van der Waals surface area (Å²) in [6, 6.07) is 3.91. The zero-order valence-corrected chi connectivity index (χ0v) is 12.2. The average molecular weight is 313 g/mol. The van der Waals surface area contributed by atoms with Crippen LogP contribution in [0.4, 0.5) is 0 Å². The molecule has 0 amide bonds. The zero-order valence-electron chi connectivity index (χ0n) is 10.6. The summed E-state index contributed by atoms with van der Waals surface area (Å²) in [5.41, 5.74) is 1.03. The standard InChI is InChI=1S/C14H17BrO3/c1-9(5-6-16)12-7-10(15)8-13(17-2)14(12)18-11-3-4-11/h6-9,11H,3-5H2,1-2H3. The lowest BCUT2D eigenvalue weighted by Crippen LogP contribution is -2.05. The van der Waals surface area contributed by atoms with Crippen LogP contribution in [-0.2, 0) is 4.79 Å². The van der Waals surface area contributed by atoms with Gasteiger partial charge in [0, 0.05) is 16.5 Å². The third kappa shape index (κ3) is 3.05. The van der Waals surface area contributed by atoms with Crippen molar-refractivity contribution >= 4 is 22.2 Å². The SMILES string of the molecule is COc1cc(Br)cc(C(C)CC=O)c1OC1CC1. The molecule has 4 heteroatoms. The molecule has 1 saturated carbocycles. The van der Waals surface area contributed by atoms with Crippen LogP contribution in [0.15, 0.2) is 16.6 Å². The van der Waals surface area contributed by atoms with Crippen molar-refractivity contribution in [3.05, 3.63) is 22.2 Å². The van der Waals surface area contributed by atoms with Gasteiger partial charge in [0.1, 0.15) is 6.29 Å². The predicted octanol–water partition coefficient (Wildman–Crippen LogP) is 3.69. The van der Waals surface area contributed by atoms with Gasteiger partial charge in [0.25, 0.3) is 0 Å². The van der Waals surface area contributed by atoms with E-state index in [-0.39, 0.29) is 5.92 Å². The lowest BCUT2D eigenvalue weighted by Gasteiger charge is -2.18. The highest BCUT2D eigenvalue weighted by molar-refractivity contribution is 9.10. The van der Waals surface area contributed by atoms with E-state index in [2.05, 4.69) is 15.9 Å². The maximum absolute atomic E-state index is 10.7. The monoisotopic (exact) mass is 312 g/mol. The molecule has 1 atom stereocenters. The first kappa shape index (κ1) is 13.4. The normalized spacial score (nSPS) is 16.2. The number of carbonyl (C=O) groups is 1. The molecule has 1 aromatic rings. The van der Waals surface area contributed by atoms with E-state index in [9.17, 15) is 4.79 Å². The Kier molecular flexibility index (Phi) is 4.27. The summed E-state index contributed by atoms with van der Waals surface area (Å²) in [7, 11) is 1.63. The topological polar surface area (TPSA) is 35.5 Å². The first-order chi connectivity index (χ1) is 8.65. The van der Waals surface area contributed by atoms with Crippen LogP contribution in [0.2, 0.25) is 0 Å². The maximum Gasteiger partial charge on any atom is 0.165 e. The molecule has 0 spiro atoms. The first-order valence-corrected chi connectivity index (χ1v) is 6.92. The van der Waals surface area contributed by atoms with E-state index in [1.807, 2.05) is 19.1 Å². The van der Waals surface area contributed by atoms with Crippen LogP contribution in [0.1, 0.15) is 37.7 Å². The fourth-order valence-corrected chi connectivity index (χ4v) is 2.31. The Bertz CT molecular complexity index is 441. The van der Waals surface area contributed by atoms with Gasteiger partial charge >= 0.3 is 0 Å². The fourth-order valence-electron chi connectivity index (χ4n) is 1.86. The molecule has 1 aliphatic carbocycles. The summed E-state index contributed by atoms with van der Waals surface area (Å²) in [6.07, 6.45) is 3.93. The summed E-state index contributed by atoms with van der Waals surface area (Å²) in [4.78, 5) is 10.7. The van der Waals surface area contributed by atoms with E-state index in [0.29, 0.717) is 12.5 Å².